The SMILES string of the molecule is Cn1cc(-c2nc(CN3CCO[C@@H]4CCCC[C@H]43)cs2)cn1. The average Bonchev–Trinajstić information content (AvgIpc) is 3.17. The number of thiazole rings is 1. The maximum atomic E-state index is 5.96. The highest BCUT2D eigenvalue weighted by molar-refractivity contribution is 7.13. The molecule has 118 valence electrons. The van der Waals surface area contributed by atoms with Gasteiger partial charge in [-0.15, -0.1) is 11.3 Å². The molecule has 2 aliphatic rings. The molecule has 2 aromatic rings. The van der Waals surface area contributed by atoms with Gasteiger partial charge in [0.15, 0.2) is 0 Å². The highest BCUT2D eigenvalue weighted by Gasteiger charge is 2.34. The van der Waals surface area contributed by atoms with E-state index in [0.717, 1.165) is 30.3 Å². The van der Waals surface area contributed by atoms with Crippen LogP contribution in [0.25, 0.3) is 10.6 Å². The Kier molecular flexibility index (Phi) is 3.98. The number of fused-ring (bicyclic) bond motifs is 1. The molecule has 0 unspecified atom stereocenters. The molecule has 2 atom stereocenters. The average molecular weight is 318 g/mol. The van der Waals surface area contributed by atoms with Crippen LogP contribution in [0.2, 0.25) is 0 Å². The molecule has 1 saturated carbocycles. The van der Waals surface area contributed by atoms with Crippen LogP contribution < -0.4 is 0 Å². The van der Waals surface area contributed by atoms with Crippen molar-refractivity contribution in [1.82, 2.24) is 19.7 Å². The van der Waals surface area contributed by atoms with Gasteiger partial charge in [-0.1, -0.05) is 12.8 Å². The number of rotatable bonds is 3. The number of hydrogen-bond acceptors (Lipinski definition) is 5. The van der Waals surface area contributed by atoms with Gasteiger partial charge in [0, 0.05) is 43.3 Å². The van der Waals surface area contributed by atoms with E-state index in [1.807, 2.05) is 24.1 Å². The van der Waals surface area contributed by atoms with Gasteiger partial charge in [0.05, 0.1) is 24.6 Å². The molecule has 4 rings (SSSR count). The van der Waals surface area contributed by atoms with Crippen molar-refractivity contribution in [2.24, 2.45) is 7.05 Å². The van der Waals surface area contributed by atoms with E-state index in [2.05, 4.69) is 15.4 Å². The Morgan fingerprint density at radius 2 is 2.27 bits per heavy atom. The molecule has 3 heterocycles. The van der Waals surface area contributed by atoms with Crippen molar-refractivity contribution in [2.45, 2.75) is 44.4 Å². The van der Waals surface area contributed by atoms with E-state index in [0.29, 0.717) is 12.1 Å². The molecule has 0 aromatic carbocycles. The second kappa shape index (κ2) is 6.10. The Labute approximate surface area is 134 Å². The molecule has 1 aliphatic carbocycles. The lowest BCUT2D eigenvalue weighted by Crippen LogP contribution is -2.52. The van der Waals surface area contributed by atoms with Crippen LogP contribution >= 0.6 is 11.3 Å². The Balaban J connectivity index is 1.47. The predicted octanol–water partition coefficient (Wildman–Crippen LogP) is 2.69. The van der Waals surface area contributed by atoms with Gasteiger partial charge in [-0.05, 0) is 12.8 Å². The number of hydrogen-bond donors (Lipinski definition) is 0. The highest BCUT2D eigenvalue weighted by Crippen LogP contribution is 2.30. The minimum absolute atomic E-state index is 0.443. The molecule has 0 radical (unpaired) electrons. The van der Waals surface area contributed by atoms with Crippen LogP contribution in [0.3, 0.4) is 0 Å². The molecule has 2 fully saturated rings. The molecule has 5 nitrogen and oxygen atoms in total. The minimum Gasteiger partial charge on any atom is -0.375 e. The zero-order valence-electron chi connectivity index (χ0n) is 12.9. The van der Waals surface area contributed by atoms with Gasteiger partial charge < -0.3 is 4.74 Å². The van der Waals surface area contributed by atoms with Gasteiger partial charge >= 0.3 is 0 Å². The van der Waals surface area contributed by atoms with Crippen LogP contribution in [0.1, 0.15) is 31.4 Å². The molecular weight excluding hydrogens is 296 g/mol. The van der Waals surface area contributed by atoms with Crippen LogP contribution in [-0.2, 0) is 18.3 Å². The molecule has 0 bridgehead atoms. The fourth-order valence-corrected chi connectivity index (χ4v) is 4.41. The molecule has 0 N–H and O–H groups in total. The number of aromatic nitrogens is 3. The van der Waals surface area contributed by atoms with Gasteiger partial charge in [-0.25, -0.2) is 4.98 Å². The van der Waals surface area contributed by atoms with E-state index in [9.17, 15) is 0 Å². The first kappa shape index (κ1) is 14.4. The summed E-state index contributed by atoms with van der Waals surface area (Å²) < 4.78 is 7.78. The largest absolute Gasteiger partial charge is 0.375 e. The Bertz CT molecular complexity index is 636. The molecule has 6 heteroatoms. The minimum atomic E-state index is 0.443. The Hall–Kier alpha value is -1.24. The van der Waals surface area contributed by atoms with Crippen molar-refractivity contribution in [3.8, 4) is 10.6 Å². The second-order valence-corrected chi connectivity index (χ2v) is 7.14. The van der Waals surface area contributed by atoms with Gasteiger partial charge in [0.2, 0.25) is 0 Å². The highest BCUT2D eigenvalue weighted by atomic mass is 32.1. The van der Waals surface area contributed by atoms with Crippen LogP contribution in [0.15, 0.2) is 17.8 Å². The van der Waals surface area contributed by atoms with E-state index in [1.54, 1.807) is 11.3 Å². The molecule has 1 saturated heterocycles. The maximum absolute atomic E-state index is 5.96. The third-order valence-electron chi connectivity index (χ3n) is 4.72. The summed E-state index contributed by atoms with van der Waals surface area (Å²) in [5.41, 5.74) is 2.28. The summed E-state index contributed by atoms with van der Waals surface area (Å²) in [4.78, 5) is 7.39. The first-order valence-electron chi connectivity index (χ1n) is 8.09. The van der Waals surface area contributed by atoms with Gasteiger partial charge in [0.25, 0.3) is 0 Å². The van der Waals surface area contributed by atoms with E-state index in [-0.39, 0.29) is 0 Å². The zero-order chi connectivity index (χ0) is 14.9. The quantitative estimate of drug-likeness (QED) is 0.873. The van der Waals surface area contributed by atoms with E-state index in [4.69, 9.17) is 9.72 Å². The zero-order valence-corrected chi connectivity index (χ0v) is 13.8. The molecule has 0 spiro atoms. The van der Waals surface area contributed by atoms with E-state index in [1.165, 1.54) is 31.4 Å². The number of aryl methyl sites for hydroxylation is 1. The van der Waals surface area contributed by atoms with Crippen LogP contribution in [-0.4, -0.2) is 45.0 Å². The molecule has 22 heavy (non-hydrogen) atoms. The Morgan fingerprint density at radius 1 is 1.36 bits per heavy atom. The summed E-state index contributed by atoms with van der Waals surface area (Å²) in [6.07, 6.45) is 9.49. The summed E-state index contributed by atoms with van der Waals surface area (Å²) in [6.45, 7) is 2.84. The topological polar surface area (TPSA) is 43.2 Å². The lowest BCUT2D eigenvalue weighted by molar-refractivity contribution is -0.0914. The third-order valence-corrected chi connectivity index (χ3v) is 5.66. The smallest absolute Gasteiger partial charge is 0.126 e. The molecule has 0 amide bonds. The maximum Gasteiger partial charge on any atom is 0.126 e. The molecule has 2 aromatic heterocycles. The van der Waals surface area contributed by atoms with Crippen LogP contribution in [0.5, 0.6) is 0 Å². The fourth-order valence-electron chi connectivity index (χ4n) is 3.62. The number of ether oxygens (including phenoxy) is 1. The van der Waals surface area contributed by atoms with E-state index < -0.39 is 0 Å². The van der Waals surface area contributed by atoms with Crippen LogP contribution in [0.4, 0.5) is 0 Å². The second-order valence-electron chi connectivity index (χ2n) is 6.28. The standard InChI is InChI=1S/C16H22N4OS/c1-19-9-12(8-17-19)16-18-13(11-22-16)10-20-6-7-21-15-5-3-2-4-14(15)20/h8-9,11,14-15H,2-7,10H2,1H3/t14-,15-/m1/s1. The predicted molar refractivity (Wildman–Crippen MR) is 86.7 cm³/mol. The van der Waals surface area contributed by atoms with Crippen molar-refractivity contribution in [3.05, 3.63) is 23.5 Å². The summed E-state index contributed by atoms with van der Waals surface area (Å²) in [5, 5.41) is 7.48. The lowest BCUT2D eigenvalue weighted by Gasteiger charge is -2.43. The summed E-state index contributed by atoms with van der Waals surface area (Å²) in [7, 11) is 1.94. The molecular formula is C16H22N4OS. The lowest BCUT2D eigenvalue weighted by atomic mass is 9.90. The van der Waals surface area contributed by atoms with Crippen molar-refractivity contribution in [2.75, 3.05) is 13.2 Å². The summed E-state index contributed by atoms with van der Waals surface area (Å²) >= 11 is 1.71. The normalized spacial score (nSPS) is 26.0. The Morgan fingerprint density at radius 3 is 3.14 bits per heavy atom. The monoisotopic (exact) mass is 318 g/mol. The third kappa shape index (κ3) is 2.83. The summed E-state index contributed by atoms with van der Waals surface area (Å²) in [5.74, 6) is 0. The number of morpholine rings is 1. The van der Waals surface area contributed by atoms with E-state index >= 15 is 0 Å². The summed E-state index contributed by atoms with van der Waals surface area (Å²) in [6, 6.07) is 0.589. The van der Waals surface area contributed by atoms with Crippen molar-refractivity contribution in [3.63, 3.8) is 0 Å². The van der Waals surface area contributed by atoms with Crippen molar-refractivity contribution in [1.29, 1.82) is 0 Å². The number of nitrogens with zero attached hydrogens (tertiary/aromatic N) is 4. The fraction of sp³-hybridized carbons (Fsp3) is 0.625. The molecule has 1 aliphatic heterocycles. The van der Waals surface area contributed by atoms with Gasteiger partial charge in [0.1, 0.15) is 5.01 Å². The van der Waals surface area contributed by atoms with Gasteiger partial charge in [-0.3, -0.25) is 9.58 Å². The van der Waals surface area contributed by atoms with Crippen molar-refractivity contribution >= 4 is 11.3 Å². The van der Waals surface area contributed by atoms with Crippen molar-refractivity contribution < 1.29 is 4.74 Å². The van der Waals surface area contributed by atoms with Gasteiger partial charge in [-0.2, -0.15) is 5.10 Å². The first-order chi connectivity index (χ1) is 10.8. The first-order valence-corrected chi connectivity index (χ1v) is 8.96. The van der Waals surface area contributed by atoms with Crippen LogP contribution in [0, 0.1) is 0 Å².